The van der Waals surface area contributed by atoms with Gasteiger partial charge in [-0.05, 0) is 48.7 Å². The van der Waals surface area contributed by atoms with Crippen LogP contribution in [0.25, 0.3) is 10.2 Å². The van der Waals surface area contributed by atoms with Crippen LogP contribution in [0, 0.1) is 0 Å². The van der Waals surface area contributed by atoms with Gasteiger partial charge in [0, 0.05) is 10.3 Å². The standard InChI is InChI=1S/C14H10N2O3S2/c17-14(18)8-4-5-10(19-8)21-13-11-7-2-1-3-9(7)20-12(11)15-6-16-13/h4-6H,1-3H2,(H,17,18). The maximum atomic E-state index is 10.9. The Hall–Kier alpha value is -1.86. The summed E-state index contributed by atoms with van der Waals surface area (Å²) in [5.74, 6) is -1.12. The van der Waals surface area contributed by atoms with Crippen LogP contribution in [0.4, 0.5) is 0 Å². The summed E-state index contributed by atoms with van der Waals surface area (Å²) in [4.78, 5) is 22.0. The molecule has 4 rings (SSSR count). The van der Waals surface area contributed by atoms with Gasteiger partial charge in [-0.2, -0.15) is 0 Å². The first kappa shape index (κ1) is 12.8. The number of fused-ring (bicyclic) bond motifs is 3. The molecule has 0 aromatic carbocycles. The van der Waals surface area contributed by atoms with E-state index in [-0.39, 0.29) is 5.76 Å². The van der Waals surface area contributed by atoms with E-state index in [0.717, 1.165) is 28.1 Å². The number of carboxylic acid groups (broad SMARTS) is 1. The molecule has 1 aliphatic carbocycles. The third-order valence-electron chi connectivity index (χ3n) is 3.46. The molecule has 1 N–H and O–H groups in total. The third kappa shape index (κ3) is 2.13. The summed E-state index contributed by atoms with van der Waals surface area (Å²) < 4.78 is 5.30. The predicted octanol–water partition coefficient (Wildman–Crippen LogP) is 3.62. The molecule has 3 aromatic heterocycles. The monoisotopic (exact) mass is 318 g/mol. The van der Waals surface area contributed by atoms with Crippen molar-refractivity contribution in [2.45, 2.75) is 29.4 Å². The Balaban J connectivity index is 1.77. The average Bonchev–Trinajstić information content (AvgIpc) is 3.12. The van der Waals surface area contributed by atoms with Crippen molar-refractivity contribution < 1.29 is 14.3 Å². The zero-order chi connectivity index (χ0) is 14.4. The molecule has 21 heavy (non-hydrogen) atoms. The lowest BCUT2D eigenvalue weighted by molar-refractivity contribution is 0.0656. The number of aromatic nitrogens is 2. The van der Waals surface area contributed by atoms with Gasteiger partial charge in [0.2, 0.25) is 5.76 Å². The first-order valence-electron chi connectivity index (χ1n) is 6.48. The van der Waals surface area contributed by atoms with Crippen LogP contribution >= 0.6 is 23.1 Å². The van der Waals surface area contributed by atoms with Crippen LogP contribution in [0.3, 0.4) is 0 Å². The number of rotatable bonds is 3. The summed E-state index contributed by atoms with van der Waals surface area (Å²) in [6, 6.07) is 3.12. The molecule has 3 aromatic rings. The number of aryl methyl sites for hydroxylation is 2. The molecule has 0 amide bonds. The van der Waals surface area contributed by atoms with Crippen LogP contribution in [0.5, 0.6) is 0 Å². The fraction of sp³-hybridized carbons (Fsp3) is 0.214. The molecule has 0 radical (unpaired) electrons. The summed E-state index contributed by atoms with van der Waals surface area (Å²) in [5.41, 5.74) is 1.35. The molecule has 0 spiro atoms. The van der Waals surface area contributed by atoms with E-state index in [2.05, 4.69) is 9.97 Å². The van der Waals surface area contributed by atoms with Gasteiger partial charge in [-0.15, -0.1) is 11.3 Å². The highest BCUT2D eigenvalue weighted by molar-refractivity contribution is 7.99. The van der Waals surface area contributed by atoms with Crippen molar-refractivity contribution in [1.29, 1.82) is 0 Å². The minimum atomic E-state index is -1.06. The Kier molecular flexibility index (Phi) is 2.97. The molecule has 0 saturated carbocycles. The fourth-order valence-corrected chi connectivity index (χ4v) is 4.74. The molecule has 0 aliphatic heterocycles. The van der Waals surface area contributed by atoms with Gasteiger partial charge in [0.15, 0.2) is 5.09 Å². The molecule has 3 heterocycles. The lowest BCUT2D eigenvalue weighted by Gasteiger charge is -2.01. The van der Waals surface area contributed by atoms with Crippen molar-refractivity contribution >= 4 is 39.3 Å². The second-order valence-corrected chi connectivity index (χ2v) is 6.82. The Morgan fingerprint density at radius 1 is 1.33 bits per heavy atom. The van der Waals surface area contributed by atoms with Gasteiger partial charge in [0.25, 0.3) is 0 Å². The van der Waals surface area contributed by atoms with Gasteiger partial charge in [0.1, 0.15) is 16.2 Å². The fourth-order valence-electron chi connectivity index (χ4n) is 2.56. The van der Waals surface area contributed by atoms with E-state index in [1.807, 2.05) is 0 Å². The number of hydrogen-bond donors (Lipinski definition) is 1. The number of carbonyl (C=O) groups is 1. The molecule has 106 valence electrons. The maximum Gasteiger partial charge on any atom is 0.371 e. The summed E-state index contributed by atoms with van der Waals surface area (Å²) in [5, 5.41) is 11.4. The molecule has 0 atom stereocenters. The summed E-state index contributed by atoms with van der Waals surface area (Å²) in [6.07, 6.45) is 4.91. The van der Waals surface area contributed by atoms with E-state index in [0.29, 0.717) is 5.09 Å². The van der Waals surface area contributed by atoms with Gasteiger partial charge in [-0.1, -0.05) is 0 Å². The van der Waals surface area contributed by atoms with Gasteiger partial charge >= 0.3 is 5.97 Å². The number of carboxylic acids is 1. The van der Waals surface area contributed by atoms with Crippen molar-refractivity contribution in [3.8, 4) is 0 Å². The van der Waals surface area contributed by atoms with Crippen LogP contribution in [-0.4, -0.2) is 21.0 Å². The molecular formula is C14H10N2O3S2. The smallest absolute Gasteiger partial charge is 0.371 e. The van der Waals surface area contributed by atoms with Crippen molar-refractivity contribution in [1.82, 2.24) is 9.97 Å². The van der Waals surface area contributed by atoms with Crippen LogP contribution in [0.1, 0.15) is 27.4 Å². The molecule has 0 saturated heterocycles. The van der Waals surface area contributed by atoms with Gasteiger partial charge in [0.05, 0.1) is 0 Å². The summed E-state index contributed by atoms with van der Waals surface area (Å²) in [7, 11) is 0. The van der Waals surface area contributed by atoms with Crippen LogP contribution in [0.15, 0.2) is 33.0 Å². The van der Waals surface area contributed by atoms with E-state index in [1.165, 1.54) is 34.7 Å². The quantitative estimate of drug-likeness (QED) is 0.743. The van der Waals surface area contributed by atoms with E-state index in [9.17, 15) is 4.79 Å². The molecule has 0 unspecified atom stereocenters. The first-order chi connectivity index (χ1) is 10.2. The summed E-state index contributed by atoms with van der Waals surface area (Å²) >= 11 is 3.08. The van der Waals surface area contributed by atoms with E-state index >= 15 is 0 Å². The Labute approximate surface area is 128 Å². The van der Waals surface area contributed by atoms with Crippen molar-refractivity contribution in [2.24, 2.45) is 0 Å². The minimum Gasteiger partial charge on any atom is -0.475 e. The average molecular weight is 318 g/mol. The SMILES string of the molecule is O=C(O)c1ccc(Sc2ncnc3sc4c(c23)CCC4)o1. The minimum absolute atomic E-state index is 0.0571. The highest BCUT2D eigenvalue weighted by atomic mass is 32.2. The molecular weight excluding hydrogens is 308 g/mol. The van der Waals surface area contributed by atoms with E-state index in [1.54, 1.807) is 23.7 Å². The number of hydrogen-bond acceptors (Lipinski definition) is 6. The Morgan fingerprint density at radius 3 is 3.05 bits per heavy atom. The molecule has 1 aliphatic rings. The van der Waals surface area contributed by atoms with Crippen LogP contribution in [0.2, 0.25) is 0 Å². The van der Waals surface area contributed by atoms with Crippen molar-refractivity contribution in [3.63, 3.8) is 0 Å². The Bertz CT molecular complexity index is 853. The van der Waals surface area contributed by atoms with Crippen LogP contribution in [-0.2, 0) is 12.8 Å². The van der Waals surface area contributed by atoms with Crippen molar-refractivity contribution in [3.05, 3.63) is 34.7 Å². The number of aromatic carboxylic acids is 1. The normalized spacial score (nSPS) is 13.7. The number of furan rings is 1. The lowest BCUT2D eigenvalue weighted by Crippen LogP contribution is -1.91. The second-order valence-electron chi connectivity index (χ2n) is 4.74. The highest BCUT2D eigenvalue weighted by Gasteiger charge is 2.22. The van der Waals surface area contributed by atoms with Gasteiger partial charge in [-0.3, -0.25) is 0 Å². The predicted molar refractivity (Wildman–Crippen MR) is 79.2 cm³/mol. The van der Waals surface area contributed by atoms with E-state index < -0.39 is 5.97 Å². The Morgan fingerprint density at radius 2 is 2.24 bits per heavy atom. The molecule has 0 fully saturated rings. The largest absolute Gasteiger partial charge is 0.475 e. The zero-order valence-electron chi connectivity index (χ0n) is 10.8. The zero-order valence-corrected chi connectivity index (χ0v) is 12.5. The van der Waals surface area contributed by atoms with Crippen LogP contribution < -0.4 is 0 Å². The first-order valence-corrected chi connectivity index (χ1v) is 8.12. The number of thiophene rings is 1. The highest BCUT2D eigenvalue weighted by Crippen LogP contribution is 2.41. The van der Waals surface area contributed by atoms with Gasteiger partial charge < -0.3 is 9.52 Å². The lowest BCUT2D eigenvalue weighted by atomic mass is 10.2. The topological polar surface area (TPSA) is 76.2 Å². The second kappa shape index (κ2) is 4.85. The van der Waals surface area contributed by atoms with Crippen molar-refractivity contribution in [2.75, 3.05) is 0 Å². The molecule has 0 bridgehead atoms. The van der Waals surface area contributed by atoms with Gasteiger partial charge in [-0.25, -0.2) is 14.8 Å². The summed E-state index contributed by atoms with van der Waals surface area (Å²) in [6.45, 7) is 0. The van der Waals surface area contributed by atoms with E-state index in [4.69, 9.17) is 9.52 Å². The molecule has 5 nitrogen and oxygen atoms in total. The maximum absolute atomic E-state index is 10.9. The molecule has 7 heteroatoms. The number of nitrogens with zero attached hydrogens (tertiary/aromatic N) is 2. The third-order valence-corrected chi connectivity index (χ3v) is 5.58.